The number of phosphoric ester groups is 2. The van der Waals surface area contributed by atoms with Gasteiger partial charge in [0.05, 0.1) is 19.3 Å². The van der Waals surface area contributed by atoms with Crippen LogP contribution < -0.4 is 11.4 Å². The molecule has 21 heteroatoms. The van der Waals surface area contributed by atoms with Crippen molar-refractivity contribution in [2.45, 2.75) is 173 Å². The van der Waals surface area contributed by atoms with Gasteiger partial charge in [-0.05, 0) is 89.5 Å². The van der Waals surface area contributed by atoms with Gasteiger partial charge in [0.2, 0.25) is 0 Å². The molecule has 1 aliphatic heterocycles. The van der Waals surface area contributed by atoms with Gasteiger partial charge in [-0.15, -0.1) is 0 Å². The molecular formula is C52H81N3O16P2. The summed E-state index contributed by atoms with van der Waals surface area (Å²) in [5, 5.41) is 31.0. The van der Waals surface area contributed by atoms with E-state index in [9.17, 15) is 48.6 Å². The molecule has 0 aliphatic carbocycles. The molecule has 2 rings (SSSR count). The average Bonchev–Trinajstić information content (AvgIpc) is 3.62. The third-order valence-corrected chi connectivity index (χ3v) is 13.3. The van der Waals surface area contributed by atoms with E-state index in [-0.39, 0.29) is 18.7 Å². The maximum Gasteiger partial charge on any atom is 0.481 e. The highest BCUT2D eigenvalue weighted by molar-refractivity contribution is 7.61. The molecule has 410 valence electrons. The highest BCUT2D eigenvalue weighted by Crippen LogP contribution is 2.60. The first-order chi connectivity index (χ1) is 35.1. The van der Waals surface area contributed by atoms with Crippen molar-refractivity contribution >= 4 is 33.4 Å². The molecule has 0 saturated carbocycles. The first-order valence-electron chi connectivity index (χ1n) is 25.4. The Bertz CT molecular complexity index is 2120. The zero-order valence-electron chi connectivity index (χ0n) is 42.5. The first kappa shape index (κ1) is 64.8. The largest absolute Gasteiger partial charge is 0.481 e. The summed E-state index contributed by atoms with van der Waals surface area (Å²) in [5.74, 6) is -1.45. The van der Waals surface area contributed by atoms with Crippen LogP contribution in [0.2, 0.25) is 0 Å². The highest BCUT2D eigenvalue weighted by Gasteiger charge is 2.46. The maximum absolute atomic E-state index is 12.9. The van der Waals surface area contributed by atoms with Gasteiger partial charge in [0.25, 0.3) is 0 Å². The Morgan fingerprint density at radius 1 is 0.740 bits per heavy atom. The van der Waals surface area contributed by atoms with Crippen LogP contribution in [0.5, 0.6) is 0 Å². The van der Waals surface area contributed by atoms with Gasteiger partial charge < -0.3 is 45.1 Å². The molecule has 1 fully saturated rings. The third-order valence-electron chi connectivity index (χ3n) is 10.7. The van der Waals surface area contributed by atoms with Gasteiger partial charge in [0.1, 0.15) is 30.7 Å². The van der Waals surface area contributed by atoms with Crippen LogP contribution in [0.4, 0.5) is 5.82 Å². The van der Waals surface area contributed by atoms with Crippen molar-refractivity contribution in [1.82, 2.24) is 9.55 Å². The second-order valence-electron chi connectivity index (χ2n) is 17.1. The van der Waals surface area contributed by atoms with Gasteiger partial charge in [0, 0.05) is 19.0 Å². The molecule has 7 N–H and O–H groups in total. The number of aliphatic hydroxyl groups is 3. The fraction of sp³-hybridized carbons (Fsp3) is 0.577. The Kier molecular flexibility index (Phi) is 34.7. The van der Waals surface area contributed by atoms with Crippen LogP contribution >= 0.6 is 15.6 Å². The standard InChI is InChI=1S/C52H81N3O16P2/c1-3-5-7-9-11-12-13-14-15-16-17-18-19-20-24-28-32-36-47(57)66-40-44(69-48(58)37-33-29-25-21-23-27-31-35-43(56)34-30-26-22-10-8-6-4-2)41-67-72(62,63)71-73(64,65)68-42-45-49(59)50(60)51(70-45)55-39-38-46(53)54-52(55)61/h5,7,11-12,14-15,17-18,21-22,25-27,30-31,34,38-39,43-45,49-51,56,59-60H,3-4,6,8-10,13,16,19-20,23-24,28-29,32-33,35-37,40-42H2,1-2H3,(H,62,63)(H,64,65)(H2,53,54,61)/b7-5-,12-11-,15-14-,18-17-,25-21+,26-22-,31-27-,34-30-/t43-,44+,45+,49+,50+,51+/m0/s1. The Hall–Kier alpha value is -4.36. The smallest absolute Gasteiger partial charge is 0.462 e. The number of unbranched alkanes of at least 4 members (excludes halogenated alkanes) is 8. The normalized spacial score (nSPS) is 20.2. The number of aromatic nitrogens is 2. The third kappa shape index (κ3) is 31.9. The summed E-state index contributed by atoms with van der Waals surface area (Å²) in [6.45, 7) is 1.84. The molecule has 2 heterocycles. The SMILES string of the molecule is CC/C=C\C/C=C\C/C=C\C/C=C\CCCCCCC(=O)OC[C@H](COP(=O)(O)OP(=O)(O)OC[C@H]1O[C@@H](n2ccc(N)nc2=O)[C@H](O)[C@@H]1O)OC(=O)CCC/C=C/C/C=C\C[C@@H](O)/C=C\C=C/CCCCC. The van der Waals surface area contributed by atoms with Gasteiger partial charge in [-0.2, -0.15) is 9.29 Å². The minimum atomic E-state index is -5.46. The summed E-state index contributed by atoms with van der Waals surface area (Å²) in [6, 6.07) is 1.24. The number of nitrogens with two attached hydrogens (primary N) is 1. The van der Waals surface area contributed by atoms with E-state index in [0.717, 1.165) is 75.0 Å². The fourth-order valence-electron chi connectivity index (χ4n) is 6.79. The second kappa shape index (κ2) is 39.1. The van der Waals surface area contributed by atoms with E-state index >= 15 is 0 Å². The minimum absolute atomic E-state index is 0.0684. The number of rotatable bonds is 40. The lowest BCUT2D eigenvalue weighted by Gasteiger charge is -2.21. The molecule has 0 bridgehead atoms. The summed E-state index contributed by atoms with van der Waals surface area (Å²) in [4.78, 5) is 61.9. The van der Waals surface area contributed by atoms with Crippen LogP contribution in [0.15, 0.2) is 114 Å². The molecule has 1 aliphatic rings. The summed E-state index contributed by atoms with van der Waals surface area (Å²) in [6.07, 6.45) is 39.4. The zero-order chi connectivity index (χ0) is 53.6. The molecule has 1 aromatic heterocycles. The van der Waals surface area contributed by atoms with Crippen LogP contribution in [0.25, 0.3) is 0 Å². The van der Waals surface area contributed by atoms with Gasteiger partial charge in [-0.25, -0.2) is 13.9 Å². The predicted molar refractivity (Wildman–Crippen MR) is 281 cm³/mol. The monoisotopic (exact) mass is 1070 g/mol. The lowest BCUT2D eigenvalue weighted by atomic mass is 10.1. The molecule has 2 unspecified atom stereocenters. The Balaban J connectivity index is 1.86. The van der Waals surface area contributed by atoms with E-state index in [1.54, 1.807) is 6.08 Å². The van der Waals surface area contributed by atoms with Crippen molar-refractivity contribution in [2.24, 2.45) is 0 Å². The van der Waals surface area contributed by atoms with Crippen molar-refractivity contribution < 1.29 is 71.4 Å². The number of esters is 2. The van der Waals surface area contributed by atoms with Gasteiger partial charge in [0.15, 0.2) is 12.3 Å². The van der Waals surface area contributed by atoms with E-state index in [2.05, 4.69) is 77.8 Å². The number of hydrogen-bond acceptors (Lipinski definition) is 16. The number of anilines is 1. The number of ether oxygens (including phenoxy) is 3. The lowest BCUT2D eigenvalue weighted by Crippen LogP contribution is -2.36. The molecule has 0 aromatic carbocycles. The molecule has 0 amide bonds. The maximum atomic E-state index is 12.9. The van der Waals surface area contributed by atoms with Crippen LogP contribution in [-0.2, 0) is 46.3 Å². The first-order valence-corrected chi connectivity index (χ1v) is 28.3. The van der Waals surface area contributed by atoms with E-state index in [4.69, 9.17) is 29.0 Å². The van der Waals surface area contributed by atoms with E-state index < -0.39 is 89.8 Å². The summed E-state index contributed by atoms with van der Waals surface area (Å²) < 4.78 is 56.6. The number of aliphatic hydroxyl groups excluding tert-OH is 3. The summed E-state index contributed by atoms with van der Waals surface area (Å²) >= 11 is 0. The summed E-state index contributed by atoms with van der Waals surface area (Å²) in [7, 11) is -10.9. The Morgan fingerprint density at radius 3 is 2.00 bits per heavy atom. The zero-order valence-corrected chi connectivity index (χ0v) is 44.3. The van der Waals surface area contributed by atoms with Crippen LogP contribution in [0.1, 0.15) is 142 Å². The minimum Gasteiger partial charge on any atom is -0.462 e. The van der Waals surface area contributed by atoms with Crippen LogP contribution in [0.3, 0.4) is 0 Å². The molecule has 73 heavy (non-hydrogen) atoms. The van der Waals surface area contributed by atoms with Crippen LogP contribution in [-0.4, -0.2) is 96.9 Å². The number of carbonyl (C=O) groups is 2. The average molecular weight is 1070 g/mol. The second-order valence-corrected chi connectivity index (χ2v) is 20.2. The number of phosphoric acid groups is 2. The molecule has 0 radical (unpaired) electrons. The van der Waals surface area contributed by atoms with Gasteiger partial charge >= 0.3 is 33.3 Å². The number of carbonyl (C=O) groups excluding carboxylic acids is 2. The molecule has 19 nitrogen and oxygen atoms in total. The lowest BCUT2D eigenvalue weighted by molar-refractivity contribution is -0.161. The number of nitrogen functional groups attached to an aromatic ring is 1. The van der Waals surface area contributed by atoms with Gasteiger partial charge in [-0.3, -0.25) is 23.2 Å². The molecular weight excluding hydrogens is 985 g/mol. The van der Waals surface area contributed by atoms with Crippen molar-refractivity contribution in [3.8, 4) is 0 Å². The Morgan fingerprint density at radius 2 is 1.33 bits per heavy atom. The highest BCUT2D eigenvalue weighted by atomic mass is 31.3. The molecule has 1 saturated heterocycles. The number of nitrogens with zero attached hydrogens (tertiary/aromatic N) is 2. The summed E-state index contributed by atoms with van der Waals surface area (Å²) in [5.41, 5.74) is 4.57. The van der Waals surface area contributed by atoms with E-state index in [1.165, 1.54) is 18.9 Å². The van der Waals surface area contributed by atoms with Crippen molar-refractivity contribution in [3.63, 3.8) is 0 Å². The van der Waals surface area contributed by atoms with Gasteiger partial charge in [-0.1, -0.05) is 137 Å². The Labute approximate surface area is 431 Å². The van der Waals surface area contributed by atoms with Crippen molar-refractivity contribution in [3.05, 3.63) is 120 Å². The predicted octanol–water partition coefficient (Wildman–Crippen LogP) is 9.41. The number of allylic oxidation sites excluding steroid dienone is 14. The quantitative estimate of drug-likeness (QED) is 0.0117. The topological polar surface area (TPSA) is 286 Å². The molecule has 0 spiro atoms. The number of hydrogen-bond donors (Lipinski definition) is 6. The molecule has 1 aromatic rings. The van der Waals surface area contributed by atoms with Crippen LogP contribution in [0, 0.1) is 0 Å². The molecule has 8 atom stereocenters. The van der Waals surface area contributed by atoms with E-state index in [1.807, 2.05) is 36.5 Å². The van der Waals surface area contributed by atoms with E-state index in [0.29, 0.717) is 32.1 Å². The van der Waals surface area contributed by atoms with Crippen molar-refractivity contribution in [1.29, 1.82) is 0 Å². The fourth-order valence-corrected chi connectivity index (χ4v) is 8.90. The van der Waals surface area contributed by atoms with Crippen molar-refractivity contribution in [2.75, 3.05) is 25.6 Å².